The van der Waals surface area contributed by atoms with Gasteiger partial charge in [0.2, 0.25) is 0 Å². The Morgan fingerprint density at radius 2 is 1.83 bits per heavy atom. The average molecular weight is 447 g/mol. The van der Waals surface area contributed by atoms with Crippen molar-refractivity contribution in [1.29, 1.82) is 0 Å². The van der Waals surface area contributed by atoms with Crippen LogP contribution in [0.4, 0.5) is 0 Å². The van der Waals surface area contributed by atoms with Crippen LogP contribution in [0.5, 0.6) is 0 Å². The summed E-state index contributed by atoms with van der Waals surface area (Å²) in [5.74, 6) is -1.08. The summed E-state index contributed by atoms with van der Waals surface area (Å²) in [6.45, 7) is 5.04. The molecule has 3 rings (SSSR count). The summed E-state index contributed by atoms with van der Waals surface area (Å²) in [6.07, 6.45) is 3.68. The fraction of sp³-hybridized carbons (Fsp3) is 0.238. The number of pyridine rings is 1. The first-order valence-corrected chi connectivity index (χ1v) is 9.95. The number of halogens is 2. The zero-order valence-corrected chi connectivity index (χ0v) is 18.1. The molecule has 0 aliphatic rings. The highest BCUT2D eigenvalue weighted by atomic mass is 35.5. The molecule has 0 saturated heterocycles. The van der Waals surface area contributed by atoms with Crippen LogP contribution in [0.3, 0.4) is 0 Å². The third kappa shape index (κ3) is 4.80. The number of hydrogen-bond acceptors (Lipinski definition) is 5. The second kappa shape index (κ2) is 9.28. The first-order valence-electron chi connectivity index (χ1n) is 9.19. The van der Waals surface area contributed by atoms with E-state index in [-0.39, 0.29) is 11.6 Å². The maximum atomic E-state index is 12.6. The van der Waals surface area contributed by atoms with E-state index in [1.807, 2.05) is 0 Å². The van der Waals surface area contributed by atoms with Gasteiger partial charge >= 0.3 is 5.97 Å². The summed E-state index contributed by atoms with van der Waals surface area (Å²) >= 11 is 12.1. The number of nitrogens with one attached hydrogen (secondary N) is 1. The molecule has 0 fully saturated rings. The summed E-state index contributed by atoms with van der Waals surface area (Å²) in [5, 5.41) is 7.96. The van der Waals surface area contributed by atoms with Gasteiger partial charge in [0.1, 0.15) is 5.56 Å². The highest BCUT2D eigenvalue weighted by Gasteiger charge is 2.24. The predicted octanol–water partition coefficient (Wildman–Crippen LogP) is 4.31. The standard InChI is InChI=1S/C21H20Cl2N4O3/c1-12(17-5-4-15(22)10-19(17)23)26-20(28)14(3)30-21(29)18-11-25-27(13(18)2)16-6-8-24-9-7-16/h4-12,14H,1-3H3,(H,26,28). The first-order chi connectivity index (χ1) is 14.3. The summed E-state index contributed by atoms with van der Waals surface area (Å²) in [6, 6.07) is 8.19. The molecule has 0 radical (unpaired) electrons. The topological polar surface area (TPSA) is 86.1 Å². The van der Waals surface area contributed by atoms with Gasteiger partial charge in [0.15, 0.2) is 6.10 Å². The van der Waals surface area contributed by atoms with Gasteiger partial charge < -0.3 is 10.1 Å². The molecule has 0 bridgehead atoms. The smallest absolute Gasteiger partial charge is 0.342 e. The second-order valence-corrected chi connectivity index (χ2v) is 7.55. The number of esters is 1. The van der Waals surface area contributed by atoms with E-state index < -0.39 is 18.0 Å². The van der Waals surface area contributed by atoms with Gasteiger partial charge in [-0.1, -0.05) is 29.3 Å². The van der Waals surface area contributed by atoms with Crippen molar-refractivity contribution in [2.45, 2.75) is 32.9 Å². The van der Waals surface area contributed by atoms with Crippen molar-refractivity contribution in [2.24, 2.45) is 0 Å². The van der Waals surface area contributed by atoms with E-state index in [1.165, 1.54) is 13.1 Å². The number of hydrogen-bond donors (Lipinski definition) is 1. The highest BCUT2D eigenvalue weighted by Crippen LogP contribution is 2.26. The number of carbonyl (C=O) groups is 2. The molecular formula is C21H20Cl2N4O3. The Morgan fingerprint density at radius 1 is 1.13 bits per heavy atom. The lowest BCUT2D eigenvalue weighted by molar-refractivity contribution is -0.129. The molecule has 2 aromatic heterocycles. The van der Waals surface area contributed by atoms with Crippen LogP contribution in [0.1, 0.15) is 41.5 Å². The summed E-state index contributed by atoms with van der Waals surface area (Å²) in [5.41, 5.74) is 2.35. The molecule has 9 heteroatoms. The highest BCUT2D eigenvalue weighted by molar-refractivity contribution is 6.35. The number of ether oxygens (including phenoxy) is 1. The molecule has 1 amide bonds. The Kier molecular flexibility index (Phi) is 6.74. The van der Waals surface area contributed by atoms with Gasteiger partial charge in [-0.3, -0.25) is 9.78 Å². The minimum absolute atomic E-state index is 0.278. The molecule has 0 aliphatic carbocycles. The summed E-state index contributed by atoms with van der Waals surface area (Å²) in [7, 11) is 0. The third-order valence-corrected chi connectivity index (χ3v) is 5.14. The van der Waals surface area contributed by atoms with Crippen LogP contribution in [-0.2, 0) is 9.53 Å². The number of nitrogens with zero attached hydrogens (tertiary/aromatic N) is 3. The molecule has 2 unspecified atom stereocenters. The fourth-order valence-corrected chi connectivity index (χ4v) is 3.47. The quantitative estimate of drug-likeness (QED) is 0.570. The number of carbonyl (C=O) groups excluding carboxylic acids is 2. The van der Waals surface area contributed by atoms with Crippen LogP contribution in [0.25, 0.3) is 5.69 Å². The molecule has 1 aromatic carbocycles. The molecule has 156 valence electrons. The molecule has 2 heterocycles. The molecule has 3 aromatic rings. The van der Waals surface area contributed by atoms with Gasteiger partial charge in [-0.05, 0) is 50.6 Å². The van der Waals surface area contributed by atoms with E-state index in [2.05, 4.69) is 15.4 Å². The van der Waals surface area contributed by atoms with Crippen molar-refractivity contribution >= 4 is 35.1 Å². The number of amides is 1. The van der Waals surface area contributed by atoms with Crippen LogP contribution in [-0.4, -0.2) is 32.7 Å². The van der Waals surface area contributed by atoms with Crippen LogP contribution < -0.4 is 5.32 Å². The van der Waals surface area contributed by atoms with Gasteiger partial charge in [-0.2, -0.15) is 5.10 Å². The Bertz CT molecular complexity index is 1070. The van der Waals surface area contributed by atoms with Crippen molar-refractivity contribution in [3.05, 3.63) is 75.8 Å². The van der Waals surface area contributed by atoms with Crippen LogP contribution in [0.2, 0.25) is 10.0 Å². The average Bonchev–Trinajstić information content (AvgIpc) is 3.09. The third-order valence-electron chi connectivity index (χ3n) is 4.58. The molecule has 0 aliphatic heterocycles. The summed E-state index contributed by atoms with van der Waals surface area (Å²) < 4.78 is 6.95. The van der Waals surface area contributed by atoms with E-state index in [4.69, 9.17) is 27.9 Å². The number of benzene rings is 1. The minimum Gasteiger partial charge on any atom is -0.449 e. The molecule has 7 nitrogen and oxygen atoms in total. The van der Waals surface area contributed by atoms with Crippen molar-refractivity contribution < 1.29 is 14.3 Å². The Morgan fingerprint density at radius 3 is 2.50 bits per heavy atom. The van der Waals surface area contributed by atoms with Crippen molar-refractivity contribution in [3.63, 3.8) is 0 Å². The normalized spacial score (nSPS) is 12.8. The van der Waals surface area contributed by atoms with E-state index in [1.54, 1.807) is 61.3 Å². The number of aromatic nitrogens is 3. The largest absolute Gasteiger partial charge is 0.449 e. The molecular weight excluding hydrogens is 427 g/mol. The van der Waals surface area contributed by atoms with Gasteiger partial charge in [-0.25, -0.2) is 9.48 Å². The molecule has 1 N–H and O–H groups in total. The Hall–Kier alpha value is -2.90. The molecule has 2 atom stereocenters. The van der Waals surface area contributed by atoms with Crippen LogP contribution in [0, 0.1) is 6.92 Å². The van der Waals surface area contributed by atoms with Gasteiger partial charge in [-0.15, -0.1) is 0 Å². The lowest BCUT2D eigenvalue weighted by Gasteiger charge is -2.19. The molecule has 30 heavy (non-hydrogen) atoms. The van der Waals surface area contributed by atoms with E-state index in [0.717, 1.165) is 5.69 Å². The lowest BCUT2D eigenvalue weighted by atomic mass is 10.1. The van der Waals surface area contributed by atoms with Crippen LogP contribution >= 0.6 is 23.2 Å². The molecule has 0 saturated carbocycles. The maximum Gasteiger partial charge on any atom is 0.342 e. The fourth-order valence-electron chi connectivity index (χ4n) is 2.89. The zero-order valence-electron chi connectivity index (χ0n) is 16.6. The SMILES string of the molecule is Cc1c(C(=O)OC(C)C(=O)NC(C)c2ccc(Cl)cc2Cl)cnn1-c1ccncc1. The molecule has 0 spiro atoms. The van der Waals surface area contributed by atoms with Crippen molar-refractivity contribution in [3.8, 4) is 5.69 Å². The predicted molar refractivity (Wildman–Crippen MR) is 114 cm³/mol. The number of rotatable bonds is 6. The van der Waals surface area contributed by atoms with Gasteiger partial charge in [0.25, 0.3) is 5.91 Å². The lowest BCUT2D eigenvalue weighted by Crippen LogP contribution is -2.37. The van der Waals surface area contributed by atoms with Crippen molar-refractivity contribution in [2.75, 3.05) is 0 Å². The monoisotopic (exact) mass is 446 g/mol. The zero-order chi connectivity index (χ0) is 21.8. The van der Waals surface area contributed by atoms with E-state index in [0.29, 0.717) is 21.3 Å². The van der Waals surface area contributed by atoms with E-state index >= 15 is 0 Å². The van der Waals surface area contributed by atoms with Crippen LogP contribution in [0.15, 0.2) is 48.9 Å². The second-order valence-electron chi connectivity index (χ2n) is 6.70. The van der Waals surface area contributed by atoms with Crippen molar-refractivity contribution in [1.82, 2.24) is 20.1 Å². The Balaban J connectivity index is 1.65. The maximum absolute atomic E-state index is 12.6. The van der Waals surface area contributed by atoms with Gasteiger partial charge in [0.05, 0.1) is 23.6 Å². The van der Waals surface area contributed by atoms with Gasteiger partial charge in [0, 0.05) is 22.4 Å². The summed E-state index contributed by atoms with van der Waals surface area (Å²) in [4.78, 5) is 29.0. The first kappa shape index (κ1) is 21.8. The van der Waals surface area contributed by atoms with E-state index in [9.17, 15) is 9.59 Å². The minimum atomic E-state index is -1.00. The Labute approximate surface area is 184 Å².